The highest BCUT2D eigenvalue weighted by Gasteiger charge is 2.31. The molecule has 0 N–H and O–H groups in total. The van der Waals surface area contributed by atoms with Crippen molar-refractivity contribution in [1.29, 1.82) is 0 Å². The second-order valence-corrected chi connectivity index (χ2v) is 6.35. The molecule has 1 amide bonds. The van der Waals surface area contributed by atoms with Crippen LogP contribution in [0, 0.1) is 17.6 Å². The molecule has 2 saturated heterocycles. The molecule has 7 heteroatoms. The molecule has 0 aromatic heterocycles. The number of ether oxygens (including phenoxy) is 3. The summed E-state index contributed by atoms with van der Waals surface area (Å²) in [6.07, 6.45) is 2.49. The Balaban J connectivity index is 1.34. The van der Waals surface area contributed by atoms with Crippen LogP contribution in [-0.2, 0) is 14.3 Å². The van der Waals surface area contributed by atoms with Gasteiger partial charge in [-0.05, 0) is 31.4 Å². The number of carbonyl (C=O) groups is 1. The summed E-state index contributed by atoms with van der Waals surface area (Å²) in [6, 6.07) is 3.18. The third-order valence-electron chi connectivity index (χ3n) is 4.61. The van der Waals surface area contributed by atoms with Crippen molar-refractivity contribution in [3.63, 3.8) is 0 Å². The first kappa shape index (κ1) is 18.1. The standard InChI is InChI=1S/C18H23F2NO4/c19-14-3-4-16(15(20)12-14)23-9-1-2-17(22)21-7-5-13(6-8-21)18-24-10-11-25-18/h3-4,12-13,18H,1-2,5-11H2. The summed E-state index contributed by atoms with van der Waals surface area (Å²) >= 11 is 0. The first-order valence-corrected chi connectivity index (χ1v) is 8.72. The van der Waals surface area contributed by atoms with Crippen LogP contribution in [0.2, 0.25) is 0 Å². The zero-order valence-electron chi connectivity index (χ0n) is 14.1. The van der Waals surface area contributed by atoms with Gasteiger partial charge in [0.15, 0.2) is 17.9 Å². The SMILES string of the molecule is O=C(CCCOc1ccc(F)cc1F)N1CCC(C2OCCO2)CC1. The molecule has 25 heavy (non-hydrogen) atoms. The van der Waals surface area contributed by atoms with Crippen molar-refractivity contribution in [1.82, 2.24) is 4.90 Å². The van der Waals surface area contributed by atoms with Gasteiger partial charge >= 0.3 is 0 Å². The van der Waals surface area contributed by atoms with Crippen molar-refractivity contribution < 1.29 is 27.8 Å². The lowest BCUT2D eigenvalue weighted by atomic mass is 9.96. The van der Waals surface area contributed by atoms with Crippen LogP contribution in [0.25, 0.3) is 0 Å². The van der Waals surface area contributed by atoms with E-state index in [1.165, 1.54) is 6.07 Å². The Kier molecular flexibility index (Phi) is 6.20. The van der Waals surface area contributed by atoms with Crippen LogP contribution in [0.1, 0.15) is 25.7 Å². The Morgan fingerprint density at radius 2 is 1.92 bits per heavy atom. The summed E-state index contributed by atoms with van der Waals surface area (Å²) in [4.78, 5) is 14.1. The smallest absolute Gasteiger partial charge is 0.222 e. The lowest BCUT2D eigenvalue weighted by Gasteiger charge is -2.33. The number of likely N-dealkylation sites (tertiary alicyclic amines) is 1. The predicted molar refractivity (Wildman–Crippen MR) is 86.1 cm³/mol. The Morgan fingerprint density at radius 1 is 1.20 bits per heavy atom. The first-order valence-electron chi connectivity index (χ1n) is 8.72. The van der Waals surface area contributed by atoms with E-state index in [1.807, 2.05) is 4.90 Å². The summed E-state index contributed by atoms with van der Waals surface area (Å²) in [7, 11) is 0. The van der Waals surface area contributed by atoms with Crippen molar-refractivity contribution in [2.24, 2.45) is 5.92 Å². The van der Waals surface area contributed by atoms with Crippen molar-refractivity contribution in [2.75, 3.05) is 32.9 Å². The molecular weight excluding hydrogens is 332 g/mol. The van der Waals surface area contributed by atoms with Crippen molar-refractivity contribution in [3.8, 4) is 5.75 Å². The summed E-state index contributed by atoms with van der Waals surface area (Å²) in [5.74, 6) is -0.931. The van der Waals surface area contributed by atoms with Gasteiger partial charge in [-0.3, -0.25) is 4.79 Å². The van der Waals surface area contributed by atoms with Crippen LogP contribution in [-0.4, -0.2) is 50.0 Å². The number of halogens is 2. The molecule has 0 saturated carbocycles. The highest BCUT2D eigenvalue weighted by atomic mass is 19.1. The number of hydrogen-bond donors (Lipinski definition) is 0. The molecule has 2 aliphatic rings. The van der Waals surface area contributed by atoms with Gasteiger partial charge in [0.1, 0.15) is 5.82 Å². The fraction of sp³-hybridized carbons (Fsp3) is 0.611. The normalized spacial score (nSPS) is 19.4. The van der Waals surface area contributed by atoms with E-state index in [0.717, 1.165) is 25.0 Å². The topological polar surface area (TPSA) is 48.0 Å². The van der Waals surface area contributed by atoms with E-state index in [-0.39, 0.29) is 24.6 Å². The summed E-state index contributed by atoms with van der Waals surface area (Å²) < 4.78 is 42.6. The van der Waals surface area contributed by atoms with Gasteiger partial charge in [0.05, 0.1) is 19.8 Å². The van der Waals surface area contributed by atoms with Gasteiger partial charge in [0.25, 0.3) is 0 Å². The minimum atomic E-state index is -0.732. The quantitative estimate of drug-likeness (QED) is 0.736. The van der Waals surface area contributed by atoms with E-state index in [0.29, 0.717) is 45.1 Å². The number of hydrogen-bond acceptors (Lipinski definition) is 4. The zero-order valence-corrected chi connectivity index (χ0v) is 14.1. The number of rotatable bonds is 6. The van der Waals surface area contributed by atoms with Crippen LogP contribution in [0.15, 0.2) is 18.2 Å². The fourth-order valence-corrected chi connectivity index (χ4v) is 3.23. The fourth-order valence-electron chi connectivity index (χ4n) is 3.23. The monoisotopic (exact) mass is 355 g/mol. The molecule has 1 aromatic carbocycles. The minimum absolute atomic E-state index is 0.00577. The molecule has 2 aliphatic heterocycles. The van der Waals surface area contributed by atoms with Gasteiger partial charge < -0.3 is 19.1 Å². The number of piperidine rings is 1. The van der Waals surface area contributed by atoms with Gasteiger partial charge in [0, 0.05) is 31.5 Å². The molecule has 138 valence electrons. The molecular formula is C18H23F2NO4. The van der Waals surface area contributed by atoms with Gasteiger partial charge in [-0.15, -0.1) is 0 Å². The maximum atomic E-state index is 13.4. The Morgan fingerprint density at radius 3 is 2.60 bits per heavy atom. The highest BCUT2D eigenvalue weighted by Crippen LogP contribution is 2.26. The number of nitrogens with zero attached hydrogens (tertiary/aromatic N) is 1. The molecule has 3 rings (SSSR count). The van der Waals surface area contributed by atoms with Crippen LogP contribution in [0.4, 0.5) is 8.78 Å². The van der Waals surface area contributed by atoms with E-state index in [4.69, 9.17) is 14.2 Å². The van der Waals surface area contributed by atoms with E-state index in [1.54, 1.807) is 0 Å². The van der Waals surface area contributed by atoms with E-state index >= 15 is 0 Å². The van der Waals surface area contributed by atoms with Crippen LogP contribution in [0.3, 0.4) is 0 Å². The molecule has 0 spiro atoms. The Hall–Kier alpha value is -1.73. The number of amides is 1. The molecule has 0 aliphatic carbocycles. The molecule has 0 unspecified atom stereocenters. The third kappa shape index (κ3) is 4.89. The lowest BCUT2D eigenvalue weighted by Crippen LogP contribution is -2.41. The highest BCUT2D eigenvalue weighted by molar-refractivity contribution is 5.76. The zero-order chi connectivity index (χ0) is 17.6. The first-order chi connectivity index (χ1) is 12.1. The Labute approximate surface area is 145 Å². The summed E-state index contributed by atoms with van der Waals surface area (Å²) in [5, 5.41) is 0. The van der Waals surface area contributed by atoms with Crippen molar-refractivity contribution >= 4 is 5.91 Å². The molecule has 1 aromatic rings. The molecule has 0 bridgehead atoms. The lowest BCUT2D eigenvalue weighted by molar-refractivity contribution is -0.137. The molecule has 0 atom stereocenters. The predicted octanol–water partition coefficient (Wildman–Crippen LogP) is 2.74. The van der Waals surface area contributed by atoms with Crippen LogP contribution < -0.4 is 4.74 Å². The largest absolute Gasteiger partial charge is 0.491 e. The van der Waals surface area contributed by atoms with Gasteiger partial charge in [0.2, 0.25) is 5.91 Å². The maximum Gasteiger partial charge on any atom is 0.222 e. The number of carbonyl (C=O) groups excluding carboxylic acids is 1. The third-order valence-corrected chi connectivity index (χ3v) is 4.61. The van der Waals surface area contributed by atoms with Crippen LogP contribution >= 0.6 is 0 Å². The second-order valence-electron chi connectivity index (χ2n) is 6.35. The molecule has 2 fully saturated rings. The van der Waals surface area contributed by atoms with E-state index < -0.39 is 11.6 Å². The summed E-state index contributed by atoms with van der Waals surface area (Å²) in [5.41, 5.74) is 0. The van der Waals surface area contributed by atoms with Gasteiger partial charge in [-0.2, -0.15) is 0 Å². The summed E-state index contributed by atoms with van der Waals surface area (Å²) in [6.45, 7) is 2.94. The minimum Gasteiger partial charge on any atom is -0.491 e. The maximum absolute atomic E-state index is 13.4. The average molecular weight is 355 g/mol. The average Bonchev–Trinajstić information content (AvgIpc) is 3.15. The van der Waals surface area contributed by atoms with Crippen LogP contribution in [0.5, 0.6) is 5.75 Å². The number of benzene rings is 1. The molecule has 0 radical (unpaired) electrons. The van der Waals surface area contributed by atoms with Crippen molar-refractivity contribution in [3.05, 3.63) is 29.8 Å². The van der Waals surface area contributed by atoms with Gasteiger partial charge in [-0.25, -0.2) is 8.78 Å². The Bertz CT molecular complexity index is 584. The van der Waals surface area contributed by atoms with Gasteiger partial charge in [-0.1, -0.05) is 0 Å². The van der Waals surface area contributed by atoms with Crippen molar-refractivity contribution in [2.45, 2.75) is 32.0 Å². The molecule has 5 nitrogen and oxygen atoms in total. The second kappa shape index (κ2) is 8.58. The van der Waals surface area contributed by atoms with E-state index in [9.17, 15) is 13.6 Å². The van der Waals surface area contributed by atoms with E-state index in [2.05, 4.69) is 0 Å². The molecule has 2 heterocycles.